The highest BCUT2D eigenvalue weighted by Gasteiger charge is 2.46. The second-order valence-corrected chi connectivity index (χ2v) is 4.43. The molecular formula is C10H15ClO3. The van der Waals surface area contributed by atoms with Crippen molar-refractivity contribution >= 4 is 23.4 Å². The predicted molar refractivity (Wildman–Crippen MR) is 53.2 cm³/mol. The van der Waals surface area contributed by atoms with Crippen molar-refractivity contribution < 1.29 is 14.3 Å². The van der Waals surface area contributed by atoms with E-state index >= 15 is 0 Å². The fourth-order valence-corrected chi connectivity index (χ4v) is 2.13. The van der Waals surface area contributed by atoms with Crippen molar-refractivity contribution in [1.29, 1.82) is 0 Å². The lowest BCUT2D eigenvalue weighted by atomic mass is 9.74. The van der Waals surface area contributed by atoms with Gasteiger partial charge < -0.3 is 4.74 Å². The van der Waals surface area contributed by atoms with Crippen LogP contribution in [0.1, 0.15) is 33.1 Å². The number of hydrogen-bond acceptors (Lipinski definition) is 3. The Kier molecular flexibility index (Phi) is 3.53. The summed E-state index contributed by atoms with van der Waals surface area (Å²) in [6.07, 6.45) is 1.44. The van der Waals surface area contributed by atoms with Gasteiger partial charge in [-0.15, -0.1) is 11.6 Å². The Morgan fingerprint density at radius 2 is 2.36 bits per heavy atom. The molecule has 1 fully saturated rings. The molecule has 3 nitrogen and oxygen atoms in total. The first-order valence-corrected chi connectivity index (χ1v) is 5.29. The minimum absolute atomic E-state index is 0.0483. The van der Waals surface area contributed by atoms with Gasteiger partial charge in [-0.3, -0.25) is 9.59 Å². The third-order valence-electron chi connectivity index (χ3n) is 2.66. The summed E-state index contributed by atoms with van der Waals surface area (Å²) in [4.78, 5) is 23.2. The highest BCUT2D eigenvalue weighted by molar-refractivity contribution is 6.22. The van der Waals surface area contributed by atoms with E-state index in [0.717, 1.165) is 0 Å². The Morgan fingerprint density at radius 1 is 1.71 bits per heavy atom. The van der Waals surface area contributed by atoms with Crippen LogP contribution in [0.2, 0.25) is 0 Å². The van der Waals surface area contributed by atoms with E-state index in [1.165, 1.54) is 0 Å². The normalized spacial score (nSPS) is 32.8. The van der Waals surface area contributed by atoms with Crippen molar-refractivity contribution in [3.05, 3.63) is 0 Å². The quantitative estimate of drug-likeness (QED) is 0.404. The molecule has 0 saturated heterocycles. The topological polar surface area (TPSA) is 43.4 Å². The summed E-state index contributed by atoms with van der Waals surface area (Å²) in [7, 11) is 0. The molecule has 1 aliphatic carbocycles. The van der Waals surface area contributed by atoms with E-state index in [9.17, 15) is 9.59 Å². The third kappa shape index (κ3) is 2.08. The average Bonchev–Trinajstić information content (AvgIpc) is 2.12. The van der Waals surface area contributed by atoms with Crippen molar-refractivity contribution in [2.45, 2.75) is 38.5 Å². The molecule has 0 aromatic rings. The summed E-state index contributed by atoms with van der Waals surface area (Å²) >= 11 is 5.95. The van der Waals surface area contributed by atoms with Gasteiger partial charge in [-0.2, -0.15) is 0 Å². The summed E-state index contributed by atoms with van der Waals surface area (Å²) in [5.41, 5.74) is -1.01. The van der Waals surface area contributed by atoms with Gasteiger partial charge in [-0.05, 0) is 26.7 Å². The van der Waals surface area contributed by atoms with Gasteiger partial charge in [-0.1, -0.05) is 0 Å². The van der Waals surface area contributed by atoms with Crippen LogP contribution in [0.4, 0.5) is 0 Å². The van der Waals surface area contributed by atoms with Gasteiger partial charge in [-0.25, -0.2) is 0 Å². The zero-order valence-electron chi connectivity index (χ0n) is 8.51. The molecule has 0 aromatic carbocycles. The maximum absolute atomic E-state index is 11.6. The number of carbonyl (C=O) groups is 2. The maximum Gasteiger partial charge on any atom is 0.319 e. The van der Waals surface area contributed by atoms with Crippen LogP contribution < -0.4 is 0 Å². The van der Waals surface area contributed by atoms with Crippen LogP contribution in [0.25, 0.3) is 0 Å². The van der Waals surface area contributed by atoms with Crippen LogP contribution in [0.3, 0.4) is 0 Å². The first kappa shape index (κ1) is 11.5. The molecule has 0 N–H and O–H groups in total. The van der Waals surface area contributed by atoms with Gasteiger partial charge in [0.15, 0.2) is 0 Å². The molecular weight excluding hydrogens is 204 g/mol. The number of carbonyl (C=O) groups excluding carboxylic acids is 2. The van der Waals surface area contributed by atoms with Crippen molar-refractivity contribution in [2.24, 2.45) is 5.41 Å². The lowest BCUT2D eigenvalue weighted by molar-refractivity contribution is -0.160. The second-order valence-electron chi connectivity index (χ2n) is 3.82. The average molecular weight is 219 g/mol. The van der Waals surface area contributed by atoms with E-state index in [1.54, 1.807) is 13.8 Å². The lowest BCUT2D eigenvalue weighted by Gasteiger charge is -2.31. The number of ether oxygens (including phenoxy) is 1. The number of halogens is 1. The molecule has 14 heavy (non-hydrogen) atoms. The number of esters is 1. The molecule has 0 radical (unpaired) electrons. The summed E-state index contributed by atoms with van der Waals surface area (Å²) < 4.78 is 4.88. The Balaban J connectivity index is 2.78. The molecule has 0 bridgehead atoms. The van der Waals surface area contributed by atoms with Crippen LogP contribution in [0, 0.1) is 5.41 Å². The third-order valence-corrected chi connectivity index (χ3v) is 3.03. The molecule has 0 spiro atoms. The highest BCUT2D eigenvalue weighted by atomic mass is 35.5. The molecule has 0 heterocycles. The lowest BCUT2D eigenvalue weighted by Crippen LogP contribution is -2.43. The minimum Gasteiger partial charge on any atom is -0.465 e. The molecule has 4 heteroatoms. The zero-order valence-corrected chi connectivity index (χ0v) is 9.26. The zero-order chi connectivity index (χ0) is 10.8. The van der Waals surface area contributed by atoms with Crippen LogP contribution in [-0.4, -0.2) is 23.7 Å². The van der Waals surface area contributed by atoms with Crippen LogP contribution in [0.15, 0.2) is 0 Å². The molecule has 0 aliphatic heterocycles. The molecule has 1 aliphatic rings. The van der Waals surface area contributed by atoms with Gasteiger partial charge in [0.2, 0.25) is 0 Å². The largest absolute Gasteiger partial charge is 0.465 e. The monoisotopic (exact) mass is 218 g/mol. The fourth-order valence-electron chi connectivity index (χ4n) is 1.71. The number of Topliss-reactive ketones (excluding diaryl/α,β-unsaturated/α-hetero) is 1. The molecule has 0 amide bonds. The summed E-state index contributed by atoms with van der Waals surface area (Å²) in [6, 6.07) is 0. The van der Waals surface area contributed by atoms with Gasteiger partial charge in [0.05, 0.1) is 6.61 Å². The van der Waals surface area contributed by atoms with E-state index in [1.807, 2.05) is 0 Å². The van der Waals surface area contributed by atoms with Crippen LogP contribution in [-0.2, 0) is 14.3 Å². The van der Waals surface area contributed by atoms with Crippen molar-refractivity contribution in [2.75, 3.05) is 6.61 Å². The Morgan fingerprint density at radius 3 is 2.93 bits per heavy atom. The van der Waals surface area contributed by atoms with E-state index in [0.29, 0.717) is 25.9 Å². The number of alkyl halides is 1. The van der Waals surface area contributed by atoms with Crippen LogP contribution in [0.5, 0.6) is 0 Å². The molecule has 80 valence electrons. The Labute approximate surface area is 88.8 Å². The van der Waals surface area contributed by atoms with Crippen molar-refractivity contribution in [1.82, 2.24) is 0 Å². The van der Waals surface area contributed by atoms with Gasteiger partial charge >= 0.3 is 5.97 Å². The molecule has 1 saturated carbocycles. The number of ketones is 1. The SMILES string of the molecule is CCOC(=O)[C@@]1(C)C[C@@H](Cl)CCC1=O. The fraction of sp³-hybridized carbons (Fsp3) is 0.800. The maximum atomic E-state index is 11.6. The second kappa shape index (κ2) is 4.30. The van der Waals surface area contributed by atoms with Crippen LogP contribution >= 0.6 is 11.6 Å². The Bertz CT molecular complexity index is 252. The molecule has 2 atom stereocenters. The Hall–Kier alpha value is -0.570. The summed E-state index contributed by atoms with van der Waals surface area (Å²) in [5.74, 6) is -0.483. The van der Waals surface area contributed by atoms with E-state index in [2.05, 4.69) is 0 Å². The van der Waals surface area contributed by atoms with Gasteiger partial charge in [0.25, 0.3) is 0 Å². The molecule has 0 unspecified atom stereocenters. The highest BCUT2D eigenvalue weighted by Crippen LogP contribution is 2.36. The minimum atomic E-state index is -1.01. The molecule has 0 aromatic heterocycles. The standard InChI is InChI=1S/C10H15ClO3/c1-3-14-9(13)10(2)6-7(11)4-5-8(10)12/h7H,3-6H2,1-2H3/t7-,10-/m0/s1. The van der Waals surface area contributed by atoms with Gasteiger partial charge in [0, 0.05) is 11.8 Å². The summed E-state index contributed by atoms with van der Waals surface area (Å²) in [5, 5.41) is -0.0953. The first-order chi connectivity index (χ1) is 6.50. The molecule has 1 rings (SSSR count). The van der Waals surface area contributed by atoms with Crippen molar-refractivity contribution in [3.63, 3.8) is 0 Å². The van der Waals surface area contributed by atoms with Crippen molar-refractivity contribution in [3.8, 4) is 0 Å². The predicted octanol–water partition coefficient (Wildman–Crippen LogP) is 1.92. The first-order valence-electron chi connectivity index (χ1n) is 4.85. The number of rotatable bonds is 2. The van der Waals surface area contributed by atoms with Gasteiger partial charge in [0.1, 0.15) is 11.2 Å². The van der Waals surface area contributed by atoms with E-state index in [4.69, 9.17) is 16.3 Å². The number of hydrogen-bond donors (Lipinski definition) is 0. The summed E-state index contributed by atoms with van der Waals surface area (Å²) in [6.45, 7) is 3.66. The van der Waals surface area contributed by atoms with E-state index < -0.39 is 11.4 Å². The van der Waals surface area contributed by atoms with E-state index in [-0.39, 0.29) is 11.2 Å². The smallest absolute Gasteiger partial charge is 0.319 e.